The van der Waals surface area contributed by atoms with Gasteiger partial charge in [0, 0.05) is 43.5 Å². The Morgan fingerprint density at radius 3 is 2.64 bits per heavy atom. The Kier molecular flexibility index (Phi) is 5.15. The zero-order chi connectivity index (χ0) is 19.6. The van der Waals surface area contributed by atoms with Crippen LogP contribution < -0.4 is 4.74 Å². The highest BCUT2D eigenvalue weighted by Crippen LogP contribution is 2.34. The fourth-order valence-corrected chi connectivity index (χ4v) is 3.18. The van der Waals surface area contributed by atoms with Crippen LogP contribution >= 0.6 is 0 Å². The van der Waals surface area contributed by atoms with Crippen molar-refractivity contribution < 1.29 is 22.6 Å². The first-order valence-corrected chi connectivity index (χ1v) is 8.88. The third-order valence-electron chi connectivity index (χ3n) is 4.60. The Morgan fingerprint density at radius 2 is 1.86 bits per heavy atom. The Bertz CT molecular complexity index is 972. The number of benzene rings is 1. The molecule has 0 atom stereocenters. The first-order chi connectivity index (χ1) is 13.5. The van der Waals surface area contributed by atoms with Gasteiger partial charge in [0.2, 0.25) is 5.88 Å². The van der Waals surface area contributed by atoms with Crippen molar-refractivity contribution in [3.8, 4) is 11.6 Å². The number of nitrogens with zero attached hydrogens (tertiary/aromatic N) is 3. The summed E-state index contributed by atoms with van der Waals surface area (Å²) in [5.74, 6) is 0.246. The van der Waals surface area contributed by atoms with E-state index in [1.165, 1.54) is 0 Å². The molecule has 2 aromatic heterocycles. The van der Waals surface area contributed by atoms with E-state index in [-0.39, 0.29) is 5.88 Å². The number of alkyl halides is 3. The lowest BCUT2D eigenvalue weighted by molar-refractivity contribution is -0.137. The van der Waals surface area contributed by atoms with Crippen molar-refractivity contribution in [1.29, 1.82) is 0 Å². The van der Waals surface area contributed by atoms with Gasteiger partial charge in [0.1, 0.15) is 5.52 Å². The van der Waals surface area contributed by atoms with Crippen LogP contribution in [0.4, 0.5) is 13.2 Å². The molecule has 0 bridgehead atoms. The largest absolute Gasteiger partial charge is 0.437 e. The van der Waals surface area contributed by atoms with Crippen molar-refractivity contribution in [2.24, 2.45) is 0 Å². The highest BCUT2D eigenvalue weighted by Gasteiger charge is 2.31. The number of hydrogen-bond acceptors (Lipinski definition) is 5. The highest BCUT2D eigenvalue weighted by atomic mass is 19.4. The van der Waals surface area contributed by atoms with Crippen LogP contribution in [0.25, 0.3) is 10.9 Å². The van der Waals surface area contributed by atoms with E-state index < -0.39 is 11.7 Å². The number of morpholine rings is 1. The molecule has 1 aliphatic heterocycles. The standard InChI is InChI=1S/C20H18F3N3O2/c21-20(22,23)15-5-7-24-18(12-15)28-17-4-3-14(13-26-8-10-27-11-9-26)16-2-1-6-25-19(16)17/h1-7,12H,8-11,13H2. The van der Waals surface area contributed by atoms with Gasteiger partial charge in [-0.05, 0) is 23.8 Å². The molecule has 0 radical (unpaired) electrons. The molecule has 1 aliphatic rings. The van der Waals surface area contributed by atoms with E-state index in [1.54, 1.807) is 12.3 Å². The lowest BCUT2D eigenvalue weighted by atomic mass is 10.1. The van der Waals surface area contributed by atoms with Gasteiger partial charge in [-0.2, -0.15) is 13.2 Å². The fraction of sp³-hybridized carbons (Fsp3) is 0.300. The zero-order valence-electron chi connectivity index (χ0n) is 14.9. The third kappa shape index (κ3) is 4.07. The van der Waals surface area contributed by atoms with Crippen LogP contribution in [0.1, 0.15) is 11.1 Å². The zero-order valence-corrected chi connectivity index (χ0v) is 14.9. The average Bonchev–Trinajstić information content (AvgIpc) is 2.70. The van der Waals surface area contributed by atoms with Crippen LogP contribution in [0, 0.1) is 0 Å². The molecule has 1 fully saturated rings. The van der Waals surface area contributed by atoms with Crippen LogP contribution in [0.15, 0.2) is 48.8 Å². The molecule has 28 heavy (non-hydrogen) atoms. The van der Waals surface area contributed by atoms with Crippen LogP contribution in [-0.4, -0.2) is 41.2 Å². The molecule has 0 aliphatic carbocycles. The van der Waals surface area contributed by atoms with Gasteiger partial charge in [0.05, 0.1) is 18.8 Å². The van der Waals surface area contributed by atoms with Crippen molar-refractivity contribution in [3.05, 3.63) is 59.9 Å². The molecule has 4 rings (SSSR count). The average molecular weight is 389 g/mol. The number of aromatic nitrogens is 2. The molecule has 8 heteroatoms. The summed E-state index contributed by atoms with van der Waals surface area (Å²) >= 11 is 0. The van der Waals surface area contributed by atoms with E-state index in [0.717, 1.165) is 48.9 Å². The minimum Gasteiger partial charge on any atom is -0.437 e. The summed E-state index contributed by atoms with van der Waals surface area (Å²) in [4.78, 5) is 10.6. The molecule has 3 heterocycles. The quantitative estimate of drug-likeness (QED) is 0.667. The molecule has 0 unspecified atom stereocenters. The maximum absolute atomic E-state index is 12.9. The number of hydrogen-bond donors (Lipinski definition) is 0. The molecule has 0 saturated carbocycles. The maximum Gasteiger partial charge on any atom is 0.416 e. The van der Waals surface area contributed by atoms with Crippen molar-refractivity contribution >= 4 is 10.9 Å². The predicted molar refractivity (Wildman–Crippen MR) is 97.2 cm³/mol. The number of ether oxygens (including phenoxy) is 2. The highest BCUT2D eigenvalue weighted by molar-refractivity contribution is 5.87. The van der Waals surface area contributed by atoms with Gasteiger partial charge in [0.15, 0.2) is 5.75 Å². The lowest BCUT2D eigenvalue weighted by Crippen LogP contribution is -2.35. The van der Waals surface area contributed by atoms with Crippen LogP contribution in [0.3, 0.4) is 0 Å². The summed E-state index contributed by atoms with van der Waals surface area (Å²) < 4.78 is 49.8. The minimum absolute atomic E-state index is 0.122. The van der Waals surface area contributed by atoms with Gasteiger partial charge >= 0.3 is 6.18 Å². The first kappa shape index (κ1) is 18.6. The smallest absolute Gasteiger partial charge is 0.416 e. The van der Waals surface area contributed by atoms with E-state index in [2.05, 4.69) is 14.9 Å². The van der Waals surface area contributed by atoms with Gasteiger partial charge in [-0.3, -0.25) is 9.88 Å². The molecular formula is C20H18F3N3O2. The molecule has 3 aromatic rings. The van der Waals surface area contributed by atoms with Gasteiger partial charge in [-0.15, -0.1) is 0 Å². The Balaban J connectivity index is 1.64. The molecule has 1 saturated heterocycles. The monoisotopic (exact) mass is 389 g/mol. The Hall–Kier alpha value is -2.71. The number of halogens is 3. The van der Waals surface area contributed by atoms with Gasteiger partial charge in [-0.25, -0.2) is 4.98 Å². The lowest BCUT2D eigenvalue weighted by Gasteiger charge is -2.27. The fourth-order valence-electron chi connectivity index (χ4n) is 3.18. The first-order valence-electron chi connectivity index (χ1n) is 8.88. The number of fused-ring (bicyclic) bond motifs is 1. The molecule has 0 N–H and O–H groups in total. The van der Waals surface area contributed by atoms with E-state index >= 15 is 0 Å². The van der Waals surface area contributed by atoms with Crippen molar-refractivity contribution in [2.45, 2.75) is 12.7 Å². The van der Waals surface area contributed by atoms with E-state index in [1.807, 2.05) is 18.2 Å². The molecule has 1 aromatic carbocycles. The molecule has 0 spiro atoms. The van der Waals surface area contributed by atoms with E-state index in [4.69, 9.17) is 9.47 Å². The second kappa shape index (κ2) is 7.73. The van der Waals surface area contributed by atoms with Crippen LogP contribution in [0.5, 0.6) is 11.6 Å². The normalized spacial score (nSPS) is 15.7. The summed E-state index contributed by atoms with van der Waals surface area (Å²) in [7, 11) is 0. The van der Waals surface area contributed by atoms with Gasteiger partial charge in [-0.1, -0.05) is 12.1 Å². The third-order valence-corrected chi connectivity index (χ3v) is 4.60. The SMILES string of the molecule is FC(F)(F)c1ccnc(Oc2ccc(CN3CCOCC3)c3cccnc23)c1. The predicted octanol–water partition coefficient (Wildman–Crippen LogP) is 4.27. The summed E-state index contributed by atoms with van der Waals surface area (Å²) in [6, 6.07) is 9.21. The van der Waals surface area contributed by atoms with Crippen molar-refractivity contribution in [3.63, 3.8) is 0 Å². The van der Waals surface area contributed by atoms with Gasteiger partial charge in [0.25, 0.3) is 0 Å². The van der Waals surface area contributed by atoms with Crippen molar-refractivity contribution in [1.82, 2.24) is 14.9 Å². The van der Waals surface area contributed by atoms with Crippen molar-refractivity contribution in [2.75, 3.05) is 26.3 Å². The molecule has 5 nitrogen and oxygen atoms in total. The van der Waals surface area contributed by atoms with Gasteiger partial charge < -0.3 is 9.47 Å². The number of pyridine rings is 2. The maximum atomic E-state index is 12.9. The molecule has 0 amide bonds. The summed E-state index contributed by atoms with van der Waals surface area (Å²) in [5, 5.41) is 0.901. The minimum atomic E-state index is -4.45. The summed E-state index contributed by atoms with van der Waals surface area (Å²) in [6.45, 7) is 3.87. The van der Waals surface area contributed by atoms with Crippen LogP contribution in [0.2, 0.25) is 0 Å². The van der Waals surface area contributed by atoms with Crippen LogP contribution in [-0.2, 0) is 17.5 Å². The molecular weight excluding hydrogens is 371 g/mol. The van der Waals surface area contributed by atoms with E-state index in [9.17, 15) is 13.2 Å². The second-order valence-corrected chi connectivity index (χ2v) is 6.49. The van der Waals surface area contributed by atoms with E-state index in [0.29, 0.717) is 24.5 Å². The Labute approximate surface area is 159 Å². The topological polar surface area (TPSA) is 47.5 Å². The summed E-state index contributed by atoms with van der Waals surface area (Å²) in [6.07, 6.45) is -1.74. The Morgan fingerprint density at radius 1 is 1.04 bits per heavy atom. The second-order valence-electron chi connectivity index (χ2n) is 6.49. The number of rotatable bonds is 4. The summed E-state index contributed by atoms with van der Waals surface area (Å²) in [5.41, 5.74) is 0.862. The molecule has 146 valence electrons.